The van der Waals surface area contributed by atoms with Crippen LogP contribution in [0, 0.1) is 29.3 Å². The van der Waals surface area contributed by atoms with E-state index >= 15 is 0 Å². The van der Waals surface area contributed by atoms with Crippen molar-refractivity contribution < 1.29 is 23.0 Å². The summed E-state index contributed by atoms with van der Waals surface area (Å²) in [5, 5.41) is 9.78. The van der Waals surface area contributed by atoms with Gasteiger partial charge in [0, 0.05) is 11.6 Å². The van der Waals surface area contributed by atoms with Crippen LogP contribution in [-0.4, -0.2) is 17.8 Å². The summed E-state index contributed by atoms with van der Waals surface area (Å²) < 4.78 is 50.2. The molecule has 37 heavy (non-hydrogen) atoms. The molecule has 2 aromatic carbocycles. The maximum Gasteiger partial charge on any atom is 0.166 e. The SMILES string of the molecule is C=CCCOc1ccc(C2CCC(CCc3ccc(C4=CCC(C(C)O)CC4)c(F)c3F)CC2)c(F)c1. The Morgan fingerprint density at radius 3 is 2.49 bits per heavy atom. The number of benzene rings is 2. The van der Waals surface area contributed by atoms with Crippen molar-refractivity contribution in [3.05, 3.63) is 83.2 Å². The second-order valence-electron chi connectivity index (χ2n) is 10.8. The van der Waals surface area contributed by atoms with E-state index in [1.54, 1.807) is 25.1 Å². The molecule has 0 aliphatic heterocycles. The molecule has 200 valence electrons. The van der Waals surface area contributed by atoms with Gasteiger partial charge in [0.2, 0.25) is 0 Å². The number of ether oxygens (including phenoxy) is 1. The number of hydrogen-bond acceptors (Lipinski definition) is 2. The lowest BCUT2D eigenvalue weighted by atomic mass is 9.76. The first-order valence-electron chi connectivity index (χ1n) is 13.7. The molecule has 1 saturated carbocycles. The number of rotatable bonds is 10. The molecule has 1 N–H and O–H groups in total. The molecule has 0 aromatic heterocycles. The van der Waals surface area contributed by atoms with E-state index in [0.29, 0.717) is 48.7 Å². The smallest absolute Gasteiger partial charge is 0.166 e. The molecule has 5 heteroatoms. The first-order valence-corrected chi connectivity index (χ1v) is 13.7. The molecule has 4 rings (SSSR count). The van der Waals surface area contributed by atoms with Crippen LogP contribution >= 0.6 is 0 Å². The van der Waals surface area contributed by atoms with E-state index in [1.165, 1.54) is 6.07 Å². The lowest BCUT2D eigenvalue weighted by Gasteiger charge is -2.29. The first-order chi connectivity index (χ1) is 17.9. The van der Waals surface area contributed by atoms with Gasteiger partial charge in [-0.1, -0.05) is 30.4 Å². The van der Waals surface area contributed by atoms with E-state index in [0.717, 1.165) is 56.1 Å². The molecule has 0 bridgehead atoms. The Kier molecular flexibility index (Phi) is 9.53. The van der Waals surface area contributed by atoms with Gasteiger partial charge in [0.05, 0.1) is 12.7 Å². The van der Waals surface area contributed by atoms with Gasteiger partial charge < -0.3 is 9.84 Å². The molecule has 2 nitrogen and oxygen atoms in total. The van der Waals surface area contributed by atoms with Crippen LogP contribution < -0.4 is 4.74 Å². The zero-order valence-corrected chi connectivity index (χ0v) is 21.8. The highest BCUT2D eigenvalue weighted by Crippen LogP contribution is 2.40. The average molecular weight is 513 g/mol. The minimum Gasteiger partial charge on any atom is -0.493 e. The predicted octanol–water partition coefficient (Wildman–Crippen LogP) is 8.53. The van der Waals surface area contributed by atoms with Crippen LogP contribution in [0.15, 0.2) is 49.1 Å². The molecule has 0 heterocycles. The van der Waals surface area contributed by atoms with Gasteiger partial charge in [-0.15, -0.1) is 6.58 Å². The first kappa shape index (κ1) is 27.5. The fourth-order valence-corrected chi connectivity index (χ4v) is 5.88. The topological polar surface area (TPSA) is 29.5 Å². The fraction of sp³-hybridized carbons (Fsp3) is 0.500. The van der Waals surface area contributed by atoms with E-state index in [-0.39, 0.29) is 23.8 Å². The van der Waals surface area contributed by atoms with E-state index in [9.17, 15) is 18.3 Å². The fourth-order valence-electron chi connectivity index (χ4n) is 5.88. The van der Waals surface area contributed by atoms with Gasteiger partial charge in [-0.05, 0) is 112 Å². The lowest BCUT2D eigenvalue weighted by Crippen LogP contribution is -2.18. The summed E-state index contributed by atoms with van der Waals surface area (Å²) in [7, 11) is 0. The number of aliphatic hydroxyl groups excluding tert-OH is 1. The molecule has 0 spiro atoms. The van der Waals surface area contributed by atoms with Crippen LogP contribution in [0.1, 0.15) is 87.3 Å². The monoisotopic (exact) mass is 512 g/mol. The molecule has 0 radical (unpaired) electrons. The van der Waals surface area contributed by atoms with Crippen LogP contribution in [0.2, 0.25) is 0 Å². The van der Waals surface area contributed by atoms with Crippen molar-refractivity contribution in [2.75, 3.05) is 6.61 Å². The third-order valence-corrected chi connectivity index (χ3v) is 8.31. The minimum absolute atomic E-state index is 0.184. The maximum absolute atomic E-state index is 14.9. The van der Waals surface area contributed by atoms with Crippen molar-refractivity contribution in [1.82, 2.24) is 0 Å². The van der Waals surface area contributed by atoms with Crippen molar-refractivity contribution in [3.8, 4) is 5.75 Å². The summed E-state index contributed by atoms with van der Waals surface area (Å²) in [6.45, 7) is 5.93. The van der Waals surface area contributed by atoms with Crippen LogP contribution in [0.5, 0.6) is 5.75 Å². The standard InChI is InChI=1S/C32H39F3O2/c1-3-4-19-37-27-16-18-28(30(33)20-27)24-8-5-22(6-9-24)7-10-26-15-17-29(32(35)31(26)34)25-13-11-23(12-14-25)21(2)36/h3,13,15-18,20-24,36H,1,4-12,14,19H2,2H3. The van der Waals surface area contributed by atoms with Crippen LogP contribution in [0.4, 0.5) is 13.2 Å². The zero-order valence-electron chi connectivity index (χ0n) is 21.8. The summed E-state index contributed by atoms with van der Waals surface area (Å²) >= 11 is 0. The molecule has 2 aliphatic carbocycles. The van der Waals surface area contributed by atoms with Crippen LogP contribution in [0.3, 0.4) is 0 Å². The summed E-state index contributed by atoms with van der Waals surface area (Å²) in [5.41, 5.74) is 2.36. The van der Waals surface area contributed by atoms with Crippen molar-refractivity contribution in [2.45, 2.75) is 83.2 Å². The molecule has 2 atom stereocenters. The van der Waals surface area contributed by atoms with E-state index in [2.05, 4.69) is 6.58 Å². The molecule has 0 saturated heterocycles. The third kappa shape index (κ3) is 6.87. The van der Waals surface area contributed by atoms with Gasteiger partial charge >= 0.3 is 0 Å². The lowest BCUT2D eigenvalue weighted by molar-refractivity contribution is 0.120. The number of halogens is 3. The van der Waals surface area contributed by atoms with Crippen molar-refractivity contribution in [1.29, 1.82) is 0 Å². The Labute approximate surface area is 219 Å². The highest BCUT2D eigenvalue weighted by atomic mass is 19.2. The largest absolute Gasteiger partial charge is 0.493 e. The Balaban J connectivity index is 1.29. The minimum atomic E-state index is -0.754. The summed E-state index contributed by atoms with van der Waals surface area (Å²) in [6.07, 6.45) is 11.2. The second-order valence-corrected chi connectivity index (χ2v) is 10.8. The number of hydrogen-bond donors (Lipinski definition) is 1. The van der Waals surface area contributed by atoms with Gasteiger partial charge in [0.15, 0.2) is 11.6 Å². The van der Waals surface area contributed by atoms with Gasteiger partial charge in [0.25, 0.3) is 0 Å². The third-order valence-electron chi connectivity index (χ3n) is 8.31. The van der Waals surface area contributed by atoms with Gasteiger partial charge in [-0.2, -0.15) is 0 Å². The number of allylic oxidation sites excluding steroid dienone is 2. The zero-order chi connectivity index (χ0) is 26.4. The van der Waals surface area contributed by atoms with Gasteiger partial charge in [-0.25, -0.2) is 13.2 Å². The van der Waals surface area contributed by atoms with Gasteiger partial charge in [0.1, 0.15) is 11.6 Å². The summed E-state index contributed by atoms with van der Waals surface area (Å²) in [6, 6.07) is 8.60. The Morgan fingerprint density at radius 1 is 1.05 bits per heavy atom. The Bertz CT molecular complexity index is 1100. The molecular formula is C32H39F3O2. The normalized spacial score (nSPS) is 22.8. The Morgan fingerprint density at radius 2 is 1.84 bits per heavy atom. The quantitative estimate of drug-likeness (QED) is 0.255. The highest BCUT2D eigenvalue weighted by molar-refractivity contribution is 5.67. The van der Waals surface area contributed by atoms with Gasteiger partial charge in [-0.3, -0.25) is 0 Å². The highest BCUT2D eigenvalue weighted by Gasteiger charge is 2.26. The molecule has 0 amide bonds. The molecule has 2 aliphatic rings. The van der Waals surface area contributed by atoms with E-state index in [1.807, 2.05) is 18.2 Å². The Hall–Kier alpha value is -2.53. The van der Waals surface area contributed by atoms with Crippen LogP contribution in [-0.2, 0) is 6.42 Å². The summed E-state index contributed by atoms with van der Waals surface area (Å²) in [5.74, 6) is -0.362. The maximum atomic E-state index is 14.9. The molecule has 1 fully saturated rings. The average Bonchev–Trinajstić information content (AvgIpc) is 2.90. The number of aliphatic hydroxyl groups is 1. The molecular weight excluding hydrogens is 473 g/mol. The molecule has 2 unspecified atom stereocenters. The number of aryl methyl sites for hydroxylation is 1. The second kappa shape index (κ2) is 12.8. The predicted molar refractivity (Wildman–Crippen MR) is 143 cm³/mol. The summed E-state index contributed by atoms with van der Waals surface area (Å²) in [4.78, 5) is 0. The van der Waals surface area contributed by atoms with Crippen molar-refractivity contribution in [2.24, 2.45) is 11.8 Å². The van der Waals surface area contributed by atoms with E-state index < -0.39 is 11.6 Å². The van der Waals surface area contributed by atoms with Crippen molar-refractivity contribution >= 4 is 5.57 Å². The van der Waals surface area contributed by atoms with Crippen molar-refractivity contribution in [3.63, 3.8) is 0 Å². The molecule has 2 aromatic rings. The van der Waals surface area contributed by atoms with E-state index in [4.69, 9.17) is 4.74 Å². The van der Waals surface area contributed by atoms with Crippen LogP contribution in [0.25, 0.3) is 5.57 Å².